The predicted octanol–water partition coefficient (Wildman–Crippen LogP) is 2.23. The molecule has 0 aliphatic heterocycles. The zero-order valence-corrected chi connectivity index (χ0v) is 12.6. The third-order valence-corrected chi connectivity index (χ3v) is 4.14. The Bertz CT molecular complexity index is 798. The molecule has 0 bridgehead atoms. The minimum Gasteiger partial charge on any atom is -0.399 e. The molecule has 0 unspecified atom stereocenters. The molecule has 2 aromatic carbocycles. The Labute approximate surface area is 123 Å². The normalized spacial score (nSPS) is 11.1. The van der Waals surface area contributed by atoms with Gasteiger partial charge < -0.3 is 11.1 Å². The molecule has 5 nitrogen and oxygen atoms in total. The highest BCUT2D eigenvalue weighted by Gasteiger charge is 2.12. The minimum atomic E-state index is -3.35. The maximum atomic E-state index is 12.2. The topological polar surface area (TPSA) is 89.3 Å². The van der Waals surface area contributed by atoms with Crippen molar-refractivity contribution in [3.63, 3.8) is 0 Å². The molecule has 0 radical (unpaired) electrons. The molecule has 6 heteroatoms. The molecule has 0 spiro atoms. The molecule has 2 rings (SSSR count). The first-order chi connectivity index (χ1) is 9.77. The molecular weight excluding hydrogens is 288 g/mol. The van der Waals surface area contributed by atoms with Gasteiger partial charge in [0.05, 0.1) is 4.90 Å². The van der Waals surface area contributed by atoms with E-state index in [0.29, 0.717) is 11.4 Å². The van der Waals surface area contributed by atoms with Crippen molar-refractivity contribution in [2.75, 3.05) is 17.3 Å². The smallest absolute Gasteiger partial charge is 0.255 e. The fourth-order valence-corrected chi connectivity index (χ4v) is 2.50. The fourth-order valence-electron chi connectivity index (χ4n) is 1.84. The highest BCUT2D eigenvalue weighted by atomic mass is 32.2. The van der Waals surface area contributed by atoms with Gasteiger partial charge in [-0.2, -0.15) is 0 Å². The molecule has 1 amide bonds. The molecule has 0 aliphatic carbocycles. The molecule has 0 atom stereocenters. The van der Waals surface area contributed by atoms with Gasteiger partial charge >= 0.3 is 0 Å². The number of nitrogens with two attached hydrogens (primary N) is 1. The van der Waals surface area contributed by atoms with Gasteiger partial charge in [0.25, 0.3) is 5.91 Å². The number of aryl methyl sites for hydroxylation is 1. The number of hydrogen-bond donors (Lipinski definition) is 2. The Morgan fingerprint density at radius 1 is 1.14 bits per heavy atom. The summed E-state index contributed by atoms with van der Waals surface area (Å²) in [6.07, 6.45) is 1.10. The summed E-state index contributed by atoms with van der Waals surface area (Å²) in [6.45, 7) is 1.85. The number of hydrogen-bond acceptors (Lipinski definition) is 4. The third kappa shape index (κ3) is 3.61. The van der Waals surface area contributed by atoms with Crippen LogP contribution >= 0.6 is 0 Å². The zero-order valence-electron chi connectivity index (χ0n) is 11.8. The van der Waals surface area contributed by atoms with Crippen molar-refractivity contribution in [1.29, 1.82) is 0 Å². The van der Waals surface area contributed by atoms with Crippen LogP contribution < -0.4 is 11.1 Å². The minimum absolute atomic E-state index is 0.111. The van der Waals surface area contributed by atoms with Crippen molar-refractivity contribution in [3.8, 4) is 0 Å². The first kappa shape index (κ1) is 15.1. The van der Waals surface area contributed by atoms with Crippen molar-refractivity contribution >= 4 is 27.1 Å². The van der Waals surface area contributed by atoms with Gasteiger partial charge in [0.1, 0.15) is 0 Å². The van der Waals surface area contributed by atoms with Gasteiger partial charge in [-0.3, -0.25) is 4.79 Å². The average molecular weight is 304 g/mol. The number of amides is 1. The number of carbonyl (C=O) groups is 1. The van der Waals surface area contributed by atoms with Gasteiger partial charge in [-0.25, -0.2) is 8.42 Å². The number of sulfone groups is 1. The van der Waals surface area contributed by atoms with E-state index in [1.807, 2.05) is 6.92 Å². The molecule has 0 saturated carbocycles. The van der Waals surface area contributed by atoms with E-state index < -0.39 is 9.84 Å². The second-order valence-corrected chi connectivity index (χ2v) is 6.84. The number of nitrogens with one attached hydrogen (secondary N) is 1. The van der Waals surface area contributed by atoms with Crippen LogP contribution in [0.25, 0.3) is 0 Å². The molecule has 0 fully saturated rings. The molecule has 3 N–H and O–H groups in total. The van der Waals surface area contributed by atoms with Gasteiger partial charge in [0.15, 0.2) is 9.84 Å². The second kappa shape index (κ2) is 5.57. The van der Waals surface area contributed by atoms with Crippen LogP contribution in [0, 0.1) is 6.92 Å². The number of benzene rings is 2. The molecule has 21 heavy (non-hydrogen) atoms. The lowest BCUT2D eigenvalue weighted by molar-refractivity contribution is 0.102. The van der Waals surface area contributed by atoms with Gasteiger partial charge in [-0.1, -0.05) is 12.1 Å². The van der Waals surface area contributed by atoms with E-state index in [0.717, 1.165) is 11.8 Å². The molecule has 2 aromatic rings. The SMILES string of the molecule is Cc1ccc(N)cc1NC(=O)c1cccc(S(C)(=O)=O)c1. The zero-order chi connectivity index (χ0) is 15.6. The maximum Gasteiger partial charge on any atom is 0.255 e. The van der Waals surface area contributed by atoms with Crippen molar-refractivity contribution < 1.29 is 13.2 Å². The maximum absolute atomic E-state index is 12.2. The van der Waals surface area contributed by atoms with Gasteiger partial charge in [0, 0.05) is 23.2 Å². The van der Waals surface area contributed by atoms with Crippen LogP contribution in [0.5, 0.6) is 0 Å². The summed E-state index contributed by atoms with van der Waals surface area (Å²) in [5.74, 6) is -0.380. The first-order valence-electron chi connectivity index (χ1n) is 6.25. The van der Waals surface area contributed by atoms with E-state index in [-0.39, 0.29) is 16.4 Å². The summed E-state index contributed by atoms with van der Waals surface area (Å²) in [6, 6.07) is 11.1. The van der Waals surface area contributed by atoms with E-state index in [1.54, 1.807) is 24.3 Å². The lowest BCUT2D eigenvalue weighted by atomic mass is 10.1. The summed E-state index contributed by atoms with van der Waals surface area (Å²) in [5, 5.41) is 2.73. The van der Waals surface area contributed by atoms with Crippen LogP contribution in [0.4, 0.5) is 11.4 Å². The van der Waals surface area contributed by atoms with E-state index in [9.17, 15) is 13.2 Å². The Hall–Kier alpha value is -2.34. The summed E-state index contributed by atoms with van der Waals surface area (Å²) in [4.78, 5) is 12.3. The van der Waals surface area contributed by atoms with Crippen molar-refractivity contribution in [2.24, 2.45) is 0 Å². The highest BCUT2D eigenvalue weighted by molar-refractivity contribution is 7.90. The first-order valence-corrected chi connectivity index (χ1v) is 8.14. The quantitative estimate of drug-likeness (QED) is 0.851. The van der Waals surface area contributed by atoms with Crippen LogP contribution in [0.3, 0.4) is 0 Å². The van der Waals surface area contributed by atoms with E-state index >= 15 is 0 Å². The van der Waals surface area contributed by atoms with E-state index in [1.165, 1.54) is 18.2 Å². The fraction of sp³-hybridized carbons (Fsp3) is 0.133. The Balaban J connectivity index is 2.31. The van der Waals surface area contributed by atoms with E-state index in [4.69, 9.17) is 5.73 Å². The van der Waals surface area contributed by atoms with Gasteiger partial charge in [-0.15, -0.1) is 0 Å². The Kier molecular flexibility index (Phi) is 3.99. The second-order valence-electron chi connectivity index (χ2n) is 4.83. The number of rotatable bonds is 3. The van der Waals surface area contributed by atoms with E-state index in [2.05, 4.69) is 5.32 Å². The number of anilines is 2. The van der Waals surface area contributed by atoms with Crippen molar-refractivity contribution in [3.05, 3.63) is 53.6 Å². The third-order valence-electron chi connectivity index (χ3n) is 3.03. The van der Waals surface area contributed by atoms with Gasteiger partial charge in [0.2, 0.25) is 0 Å². The van der Waals surface area contributed by atoms with Crippen LogP contribution in [0.15, 0.2) is 47.4 Å². The molecule has 0 aromatic heterocycles. The molecular formula is C15H16N2O3S. The Morgan fingerprint density at radius 3 is 2.52 bits per heavy atom. The Morgan fingerprint density at radius 2 is 1.86 bits per heavy atom. The largest absolute Gasteiger partial charge is 0.399 e. The molecule has 110 valence electrons. The summed E-state index contributed by atoms with van der Waals surface area (Å²) >= 11 is 0. The van der Waals surface area contributed by atoms with Crippen LogP contribution in [0.1, 0.15) is 15.9 Å². The van der Waals surface area contributed by atoms with Crippen molar-refractivity contribution in [2.45, 2.75) is 11.8 Å². The molecule has 0 saturated heterocycles. The lowest BCUT2D eigenvalue weighted by Gasteiger charge is -2.10. The van der Waals surface area contributed by atoms with Crippen LogP contribution in [0.2, 0.25) is 0 Å². The average Bonchev–Trinajstić information content (AvgIpc) is 2.42. The monoisotopic (exact) mass is 304 g/mol. The van der Waals surface area contributed by atoms with Crippen LogP contribution in [-0.2, 0) is 9.84 Å². The number of carbonyl (C=O) groups excluding carboxylic acids is 1. The van der Waals surface area contributed by atoms with Gasteiger partial charge in [-0.05, 0) is 42.8 Å². The van der Waals surface area contributed by atoms with Crippen molar-refractivity contribution in [1.82, 2.24) is 0 Å². The lowest BCUT2D eigenvalue weighted by Crippen LogP contribution is -2.13. The summed E-state index contributed by atoms with van der Waals surface area (Å²) in [5.41, 5.74) is 7.99. The molecule has 0 aliphatic rings. The standard InChI is InChI=1S/C15H16N2O3S/c1-10-6-7-12(16)9-14(10)17-15(18)11-4-3-5-13(8-11)21(2,19)20/h3-9H,16H2,1-2H3,(H,17,18). The predicted molar refractivity (Wildman–Crippen MR) is 83.1 cm³/mol. The highest BCUT2D eigenvalue weighted by Crippen LogP contribution is 2.19. The number of nitrogen functional groups attached to an aromatic ring is 1. The summed E-state index contributed by atoms with van der Waals surface area (Å²) < 4.78 is 23.0. The molecule has 0 heterocycles. The summed E-state index contributed by atoms with van der Waals surface area (Å²) in [7, 11) is -3.35. The van der Waals surface area contributed by atoms with Crippen LogP contribution in [-0.4, -0.2) is 20.6 Å².